The van der Waals surface area contributed by atoms with E-state index in [-0.39, 0.29) is 6.61 Å². The summed E-state index contributed by atoms with van der Waals surface area (Å²) in [6.45, 7) is -0.197. The lowest BCUT2D eigenvalue weighted by Crippen LogP contribution is -2.27. The standard InChI is InChI=1S/C9H7Br3O3/c10-5-1-7(11)6(8(12)2-5)3-15-4-9(13)14/h1-2H,3-4H2,(H,13,14)/p-1. The van der Waals surface area contributed by atoms with E-state index < -0.39 is 12.6 Å². The van der Waals surface area contributed by atoms with Gasteiger partial charge in [-0.1, -0.05) is 47.8 Å². The number of benzene rings is 1. The van der Waals surface area contributed by atoms with Gasteiger partial charge in [-0.05, 0) is 12.1 Å². The van der Waals surface area contributed by atoms with Gasteiger partial charge in [0, 0.05) is 19.0 Å². The molecule has 3 nitrogen and oxygen atoms in total. The second kappa shape index (κ2) is 5.98. The van der Waals surface area contributed by atoms with Gasteiger partial charge in [-0.2, -0.15) is 0 Å². The second-order valence-electron chi connectivity index (χ2n) is 2.71. The molecule has 15 heavy (non-hydrogen) atoms. The van der Waals surface area contributed by atoms with Crippen molar-refractivity contribution in [2.45, 2.75) is 6.61 Å². The number of carboxylic acids is 1. The molecule has 0 saturated heterocycles. The largest absolute Gasteiger partial charge is 0.548 e. The smallest absolute Gasteiger partial charge is 0.0865 e. The fourth-order valence-corrected chi connectivity index (χ4v) is 3.43. The van der Waals surface area contributed by atoms with Gasteiger partial charge in [0.05, 0.1) is 19.2 Å². The number of halogens is 3. The van der Waals surface area contributed by atoms with Gasteiger partial charge in [-0.15, -0.1) is 0 Å². The minimum atomic E-state index is -1.22. The molecule has 0 aliphatic carbocycles. The van der Waals surface area contributed by atoms with Crippen LogP contribution < -0.4 is 5.11 Å². The Kier molecular flexibility index (Phi) is 5.25. The Morgan fingerprint density at radius 3 is 2.27 bits per heavy atom. The van der Waals surface area contributed by atoms with Crippen LogP contribution in [0.1, 0.15) is 5.56 Å². The molecule has 0 fully saturated rings. The van der Waals surface area contributed by atoms with Crippen LogP contribution in [0.25, 0.3) is 0 Å². The maximum Gasteiger partial charge on any atom is 0.0865 e. The van der Waals surface area contributed by atoms with Crippen molar-refractivity contribution >= 4 is 53.8 Å². The third kappa shape index (κ3) is 4.22. The van der Waals surface area contributed by atoms with E-state index in [1.54, 1.807) is 0 Å². The van der Waals surface area contributed by atoms with E-state index >= 15 is 0 Å². The number of hydrogen-bond donors (Lipinski definition) is 0. The number of rotatable bonds is 4. The Bertz CT molecular complexity index is 356. The number of aliphatic carboxylic acids is 1. The van der Waals surface area contributed by atoms with Crippen molar-refractivity contribution in [3.05, 3.63) is 31.1 Å². The summed E-state index contributed by atoms with van der Waals surface area (Å²) in [5.41, 5.74) is 0.861. The number of carboxylic acid groups (broad SMARTS) is 1. The zero-order chi connectivity index (χ0) is 11.4. The van der Waals surface area contributed by atoms with Gasteiger partial charge >= 0.3 is 0 Å². The zero-order valence-electron chi connectivity index (χ0n) is 7.43. The molecule has 0 aliphatic rings. The van der Waals surface area contributed by atoms with Crippen LogP contribution in [-0.4, -0.2) is 12.6 Å². The van der Waals surface area contributed by atoms with E-state index in [1.807, 2.05) is 12.1 Å². The molecule has 0 saturated carbocycles. The average Bonchev–Trinajstić information content (AvgIpc) is 2.08. The normalized spacial score (nSPS) is 10.3. The highest BCUT2D eigenvalue weighted by Crippen LogP contribution is 2.30. The highest BCUT2D eigenvalue weighted by molar-refractivity contribution is 9.11. The zero-order valence-corrected chi connectivity index (χ0v) is 12.2. The minimum Gasteiger partial charge on any atom is -0.548 e. The average molecular weight is 402 g/mol. The van der Waals surface area contributed by atoms with Crippen molar-refractivity contribution < 1.29 is 14.6 Å². The Balaban J connectivity index is 2.72. The molecule has 0 bridgehead atoms. The van der Waals surface area contributed by atoms with Crippen LogP contribution in [-0.2, 0) is 16.1 Å². The molecule has 6 heteroatoms. The third-order valence-corrected chi connectivity index (χ3v) is 3.45. The first-order valence-electron chi connectivity index (χ1n) is 3.91. The van der Waals surface area contributed by atoms with Gasteiger partial charge in [0.25, 0.3) is 0 Å². The number of ether oxygens (including phenoxy) is 1. The second-order valence-corrected chi connectivity index (χ2v) is 5.34. The topological polar surface area (TPSA) is 49.4 Å². The number of carbonyl (C=O) groups is 1. The lowest BCUT2D eigenvalue weighted by atomic mass is 10.2. The van der Waals surface area contributed by atoms with Gasteiger partial charge < -0.3 is 14.6 Å². The lowest BCUT2D eigenvalue weighted by Gasteiger charge is -2.09. The Morgan fingerprint density at radius 1 is 1.27 bits per heavy atom. The molecule has 0 atom stereocenters. The van der Waals surface area contributed by atoms with Gasteiger partial charge in [-0.3, -0.25) is 0 Å². The van der Waals surface area contributed by atoms with E-state index in [9.17, 15) is 9.90 Å². The van der Waals surface area contributed by atoms with Gasteiger partial charge in [0.15, 0.2) is 0 Å². The molecule has 0 aliphatic heterocycles. The van der Waals surface area contributed by atoms with E-state index in [2.05, 4.69) is 47.8 Å². The molecule has 0 unspecified atom stereocenters. The Labute approximate surface area is 112 Å². The summed E-state index contributed by atoms with van der Waals surface area (Å²) in [5, 5.41) is 10.1. The molecule has 0 spiro atoms. The van der Waals surface area contributed by atoms with Crippen LogP contribution in [0.5, 0.6) is 0 Å². The molecule has 0 amide bonds. The van der Waals surface area contributed by atoms with Gasteiger partial charge in [0.2, 0.25) is 0 Å². The quantitative estimate of drug-likeness (QED) is 0.777. The van der Waals surface area contributed by atoms with Crippen LogP contribution in [0.3, 0.4) is 0 Å². The summed E-state index contributed by atoms with van der Waals surface area (Å²) in [4.78, 5) is 10.1. The summed E-state index contributed by atoms with van der Waals surface area (Å²) in [6, 6.07) is 3.73. The predicted molar refractivity (Wildman–Crippen MR) is 64.2 cm³/mol. The predicted octanol–water partition coefficient (Wildman–Crippen LogP) is 2.24. The molecular weight excluding hydrogens is 396 g/mol. The molecule has 0 radical (unpaired) electrons. The Morgan fingerprint density at radius 2 is 1.80 bits per heavy atom. The highest BCUT2D eigenvalue weighted by Gasteiger charge is 2.06. The molecule has 1 aromatic carbocycles. The molecule has 1 aromatic rings. The van der Waals surface area contributed by atoms with Crippen molar-refractivity contribution in [3.8, 4) is 0 Å². The van der Waals surface area contributed by atoms with E-state index in [4.69, 9.17) is 4.74 Å². The molecule has 0 N–H and O–H groups in total. The van der Waals surface area contributed by atoms with Crippen LogP contribution in [0.4, 0.5) is 0 Å². The van der Waals surface area contributed by atoms with Crippen LogP contribution in [0.2, 0.25) is 0 Å². The molecule has 0 heterocycles. The van der Waals surface area contributed by atoms with Gasteiger partial charge in [0.1, 0.15) is 0 Å². The van der Waals surface area contributed by atoms with Crippen LogP contribution in [0.15, 0.2) is 25.6 Å². The number of carbonyl (C=O) groups excluding carboxylic acids is 1. The first-order chi connectivity index (χ1) is 7.00. The van der Waals surface area contributed by atoms with Crippen molar-refractivity contribution in [3.63, 3.8) is 0 Å². The monoisotopic (exact) mass is 399 g/mol. The minimum absolute atomic E-state index is 0.211. The summed E-state index contributed by atoms with van der Waals surface area (Å²) >= 11 is 10.1. The van der Waals surface area contributed by atoms with Crippen molar-refractivity contribution in [1.82, 2.24) is 0 Å². The lowest BCUT2D eigenvalue weighted by molar-refractivity contribution is -0.309. The number of hydrogen-bond acceptors (Lipinski definition) is 3. The van der Waals surface area contributed by atoms with E-state index in [1.165, 1.54) is 0 Å². The molecule has 82 valence electrons. The van der Waals surface area contributed by atoms with Crippen molar-refractivity contribution in [2.24, 2.45) is 0 Å². The summed E-state index contributed by atoms with van der Waals surface area (Å²) in [7, 11) is 0. The molecule has 0 aromatic heterocycles. The van der Waals surface area contributed by atoms with E-state index in [0.29, 0.717) is 0 Å². The van der Waals surface area contributed by atoms with Crippen molar-refractivity contribution in [1.29, 1.82) is 0 Å². The molecular formula is C9H6Br3O3-. The highest BCUT2D eigenvalue weighted by atomic mass is 79.9. The first-order valence-corrected chi connectivity index (χ1v) is 6.29. The fourth-order valence-electron chi connectivity index (χ4n) is 0.946. The maximum absolute atomic E-state index is 10.1. The maximum atomic E-state index is 10.1. The summed E-state index contributed by atoms with van der Waals surface area (Å²) in [6.07, 6.45) is 0. The SMILES string of the molecule is O=C([O-])COCc1c(Br)cc(Br)cc1Br. The Hall–Kier alpha value is 0.0900. The summed E-state index contributed by atoms with van der Waals surface area (Å²) < 4.78 is 7.56. The van der Waals surface area contributed by atoms with Crippen LogP contribution in [0, 0.1) is 0 Å². The van der Waals surface area contributed by atoms with E-state index in [0.717, 1.165) is 19.0 Å². The van der Waals surface area contributed by atoms with Crippen molar-refractivity contribution in [2.75, 3.05) is 6.61 Å². The first kappa shape index (κ1) is 13.2. The van der Waals surface area contributed by atoms with Crippen LogP contribution >= 0.6 is 47.8 Å². The third-order valence-electron chi connectivity index (χ3n) is 1.57. The molecule has 1 rings (SSSR count). The fraction of sp³-hybridized carbons (Fsp3) is 0.222. The van der Waals surface area contributed by atoms with Gasteiger partial charge in [-0.25, -0.2) is 0 Å². The summed E-state index contributed by atoms with van der Waals surface area (Å²) in [5.74, 6) is -1.22.